The predicted octanol–water partition coefficient (Wildman–Crippen LogP) is 8.32. The number of rotatable bonds is 2. The quantitative estimate of drug-likeness (QED) is 0.519. The Bertz CT molecular complexity index is 486. The molecule has 2 aliphatic carbocycles. The molecule has 0 radical (unpaired) electrons. The maximum Gasteiger partial charge on any atom is 0.0660 e. The van der Waals surface area contributed by atoms with Crippen molar-refractivity contribution < 1.29 is 0 Å². The topological polar surface area (TPSA) is 12.9 Å². The normalized spacial score (nSPS) is 18.0. The summed E-state index contributed by atoms with van der Waals surface area (Å²) in [6, 6.07) is 5.88. The zero-order chi connectivity index (χ0) is 19.4. The van der Waals surface area contributed by atoms with E-state index in [1.54, 1.807) is 0 Å². The molecule has 0 aromatic carbocycles. The maximum absolute atomic E-state index is 4.37. The Morgan fingerprint density at radius 1 is 0.731 bits per heavy atom. The van der Waals surface area contributed by atoms with Crippen molar-refractivity contribution in [2.45, 2.75) is 91.9 Å². The molecule has 2 saturated carbocycles. The molecule has 0 atom stereocenters. The van der Waals surface area contributed by atoms with E-state index in [9.17, 15) is 0 Å². The van der Waals surface area contributed by atoms with Gasteiger partial charge in [0.2, 0.25) is 0 Å². The van der Waals surface area contributed by atoms with Gasteiger partial charge in [-0.25, -0.2) is 4.98 Å². The Labute approximate surface area is 163 Å². The highest BCUT2D eigenvalue weighted by atomic mass is 14.7. The van der Waals surface area contributed by atoms with Crippen molar-refractivity contribution in [2.75, 3.05) is 0 Å². The molecular weight excluding hydrogens is 314 g/mol. The van der Waals surface area contributed by atoms with Crippen LogP contribution in [0.2, 0.25) is 0 Å². The van der Waals surface area contributed by atoms with Crippen LogP contribution in [0.1, 0.15) is 103 Å². The summed E-state index contributed by atoms with van der Waals surface area (Å²) in [7, 11) is 0. The Hall–Kier alpha value is -1.37. The third kappa shape index (κ3) is 9.94. The zero-order valence-corrected chi connectivity index (χ0v) is 17.8. The summed E-state index contributed by atoms with van der Waals surface area (Å²) in [4.78, 5) is 4.37. The molecule has 2 fully saturated rings. The van der Waals surface area contributed by atoms with Gasteiger partial charge in [-0.2, -0.15) is 0 Å². The molecule has 0 N–H and O–H groups in total. The Kier molecular flexibility index (Phi) is 11.2. The van der Waals surface area contributed by atoms with Crippen LogP contribution in [0.4, 0.5) is 0 Å². The molecule has 1 heterocycles. The zero-order valence-electron chi connectivity index (χ0n) is 17.8. The van der Waals surface area contributed by atoms with Crippen molar-refractivity contribution in [3.8, 4) is 0 Å². The van der Waals surface area contributed by atoms with E-state index in [4.69, 9.17) is 0 Å². The minimum Gasteiger partial charge on any atom is -0.249 e. The second-order valence-corrected chi connectivity index (χ2v) is 8.46. The second-order valence-electron chi connectivity index (χ2n) is 8.46. The van der Waals surface area contributed by atoms with Gasteiger partial charge in [0.1, 0.15) is 0 Å². The molecule has 1 aromatic heterocycles. The van der Waals surface area contributed by atoms with Gasteiger partial charge < -0.3 is 0 Å². The van der Waals surface area contributed by atoms with Gasteiger partial charge in [-0.15, -0.1) is 0 Å². The maximum atomic E-state index is 4.37. The van der Waals surface area contributed by atoms with Gasteiger partial charge in [0.15, 0.2) is 0 Å². The lowest BCUT2D eigenvalue weighted by Crippen LogP contribution is -1.99. The monoisotopic (exact) mass is 355 g/mol. The van der Waals surface area contributed by atoms with Crippen molar-refractivity contribution in [3.05, 3.63) is 42.7 Å². The van der Waals surface area contributed by atoms with Gasteiger partial charge in [0, 0.05) is 0 Å². The van der Waals surface area contributed by atoms with Gasteiger partial charge in [0.05, 0.1) is 11.4 Å². The number of nitrogens with zero attached hydrogens (tertiary/aromatic N) is 1. The van der Waals surface area contributed by atoms with Crippen LogP contribution >= 0.6 is 0 Å². The SMILES string of the molecule is C=C(C)c1cccc(C(=C)C)n1.CC1CCCCC1.CC1CCCCC1. The highest BCUT2D eigenvalue weighted by molar-refractivity contribution is 5.63. The highest BCUT2D eigenvalue weighted by Gasteiger charge is 2.06. The van der Waals surface area contributed by atoms with Gasteiger partial charge >= 0.3 is 0 Å². The molecular formula is C25H41N. The lowest BCUT2D eigenvalue weighted by atomic mass is 9.91. The summed E-state index contributed by atoms with van der Waals surface area (Å²) in [5.74, 6) is 2.07. The predicted molar refractivity (Wildman–Crippen MR) is 118 cm³/mol. The average Bonchev–Trinajstić information content (AvgIpc) is 2.64. The molecule has 0 spiro atoms. The van der Waals surface area contributed by atoms with E-state index in [1.165, 1.54) is 64.2 Å². The van der Waals surface area contributed by atoms with E-state index < -0.39 is 0 Å². The van der Waals surface area contributed by atoms with Crippen molar-refractivity contribution in [3.63, 3.8) is 0 Å². The summed E-state index contributed by atoms with van der Waals surface area (Å²) in [6.07, 6.45) is 14.9. The van der Waals surface area contributed by atoms with Gasteiger partial charge in [0.25, 0.3) is 0 Å². The van der Waals surface area contributed by atoms with Crippen molar-refractivity contribution in [2.24, 2.45) is 11.8 Å². The molecule has 1 aromatic rings. The minimum absolute atomic E-state index is 0.940. The van der Waals surface area contributed by atoms with E-state index >= 15 is 0 Å². The molecule has 1 nitrogen and oxygen atoms in total. The van der Waals surface area contributed by atoms with Crippen LogP contribution in [0, 0.1) is 11.8 Å². The van der Waals surface area contributed by atoms with Crippen LogP contribution in [0.15, 0.2) is 31.4 Å². The van der Waals surface area contributed by atoms with E-state index in [0.717, 1.165) is 34.4 Å². The third-order valence-electron chi connectivity index (χ3n) is 5.41. The molecule has 2 aliphatic rings. The molecule has 0 bridgehead atoms. The fraction of sp³-hybridized carbons (Fsp3) is 0.640. The lowest BCUT2D eigenvalue weighted by molar-refractivity contribution is 0.385. The fourth-order valence-corrected chi connectivity index (χ4v) is 3.52. The molecule has 0 saturated heterocycles. The number of aromatic nitrogens is 1. The fourth-order valence-electron chi connectivity index (χ4n) is 3.52. The Balaban J connectivity index is 0.000000207. The molecule has 0 aliphatic heterocycles. The van der Waals surface area contributed by atoms with E-state index in [-0.39, 0.29) is 0 Å². The first-order valence-corrected chi connectivity index (χ1v) is 10.7. The largest absolute Gasteiger partial charge is 0.249 e. The van der Waals surface area contributed by atoms with E-state index in [1.807, 2.05) is 32.0 Å². The Morgan fingerprint density at radius 3 is 1.31 bits per heavy atom. The first-order chi connectivity index (χ1) is 12.4. The number of hydrogen-bond donors (Lipinski definition) is 0. The number of allylic oxidation sites excluding steroid dienone is 2. The number of hydrogen-bond acceptors (Lipinski definition) is 1. The third-order valence-corrected chi connectivity index (χ3v) is 5.41. The molecule has 0 amide bonds. The van der Waals surface area contributed by atoms with Crippen LogP contribution in [0.5, 0.6) is 0 Å². The summed E-state index contributed by atoms with van der Waals surface area (Å²) in [5, 5.41) is 0. The van der Waals surface area contributed by atoms with Crippen LogP contribution in [0.3, 0.4) is 0 Å². The van der Waals surface area contributed by atoms with Crippen LogP contribution in [-0.4, -0.2) is 4.98 Å². The molecule has 3 rings (SSSR count). The summed E-state index contributed by atoms with van der Waals surface area (Å²) < 4.78 is 0. The van der Waals surface area contributed by atoms with Gasteiger partial charge in [-0.1, -0.05) is 97.3 Å². The highest BCUT2D eigenvalue weighted by Crippen LogP contribution is 2.22. The average molecular weight is 356 g/mol. The van der Waals surface area contributed by atoms with Crippen molar-refractivity contribution >= 4 is 11.1 Å². The first-order valence-electron chi connectivity index (χ1n) is 10.7. The molecule has 26 heavy (non-hydrogen) atoms. The van der Waals surface area contributed by atoms with Crippen LogP contribution in [0.25, 0.3) is 11.1 Å². The van der Waals surface area contributed by atoms with E-state index in [0.29, 0.717) is 0 Å². The minimum atomic E-state index is 0.940. The summed E-state index contributed by atoms with van der Waals surface area (Å²) in [6.45, 7) is 16.3. The molecule has 0 unspecified atom stereocenters. The van der Waals surface area contributed by atoms with E-state index in [2.05, 4.69) is 32.0 Å². The van der Waals surface area contributed by atoms with Crippen LogP contribution in [-0.2, 0) is 0 Å². The number of pyridine rings is 1. The second kappa shape index (κ2) is 12.9. The van der Waals surface area contributed by atoms with Crippen molar-refractivity contribution in [1.82, 2.24) is 4.98 Å². The summed E-state index contributed by atoms with van der Waals surface area (Å²) >= 11 is 0. The lowest BCUT2D eigenvalue weighted by Gasteiger charge is -2.15. The van der Waals surface area contributed by atoms with Crippen LogP contribution < -0.4 is 0 Å². The standard InChI is InChI=1S/C11H13N.2C7H14/c1-8(2)10-6-5-7-11(12-10)9(3)4;2*1-7-5-3-2-4-6-7/h5-7H,1,3H2,2,4H3;2*7H,2-6H2,1H3. The molecule has 146 valence electrons. The van der Waals surface area contributed by atoms with Gasteiger partial charge in [-0.05, 0) is 49.0 Å². The van der Waals surface area contributed by atoms with Gasteiger partial charge in [-0.3, -0.25) is 0 Å². The first kappa shape index (κ1) is 22.7. The smallest absolute Gasteiger partial charge is 0.0660 e. The Morgan fingerprint density at radius 2 is 1.08 bits per heavy atom. The van der Waals surface area contributed by atoms with Crippen molar-refractivity contribution in [1.29, 1.82) is 0 Å². The molecule has 1 heteroatoms. The summed E-state index contributed by atoms with van der Waals surface area (Å²) in [5.41, 5.74) is 3.85.